The molecule has 0 aliphatic carbocycles. The number of guanidine groups is 1. The van der Waals surface area contributed by atoms with E-state index in [2.05, 4.69) is 29.2 Å². The Labute approximate surface area is 103 Å². The molecule has 1 fully saturated rings. The molecule has 0 aromatic rings. The average molecular weight is 244 g/mol. The summed E-state index contributed by atoms with van der Waals surface area (Å²) in [4.78, 5) is 6.63. The van der Waals surface area contributed by atoms with Gasteiger partial charge in [0.15, 0.2) is 0 Å². The van der Waals surface area contributed by atoms with E-state index in [1.165, 1.54) is 0 Å². The van der Waals surface area contributed by atoms with Gasteiger partial charge >= 0.3 is 0 Å². The quantitative estimate of drug-likeness (QED) is 0.238. The van der Waals surface area contributed by atoms with Crippen LogP contribution in [0.15, 0.2) is 4.99 Å². The lowest BCUT2D eigenvalue weighted by Gasteiger charge is -2.43. The molecule has 1 aliphatic rings. The van der Waals surface area contributed by atoms with E-state index in [0.29, 0.717) is 26.4 Å². The van der Waals surface area contributed by atoms with Crippen LogP contribution in [0.1, 0.15) is 20.3 Å². The number of nitrogens with zero attached hydrogens (tertiary/aromatic N) is 2. The molecule has 0 aromatic heterocycles. The van der Waals surface area contributed by atoms with Gasteiger partial charge in [0.25, 0.3) is 0 Å². The van der Waals surface area contributed by atoms with Gasteiger partial charge in [-0.15, -0.1) is 0 Å². The summed E-state index contributed by atoms with van der Waals surface area (Å²) in [5.74, 6) is 6.28. The van der Waals surface area contributed by atoms with Gasteiger partial charge in [-0.1, -0.05) is 0 Å². The summed E-state index contributed by atoms with van der Waals surface area (Å²) in [6, 6.07) is 0. The largest absolute Gasteiger partial charge is 0.385 e. The third-order valence-corrected chi connectivity index (χ3v) is 2.80. The van der Waals surface area contributed by atoms with Crippen LogP contribution in [0.3, 0.4) is 0 Å². The van der Waals surface area contributed by atoms with E-state index in [9.17, 15) is 0 Å². The smallest absolute Gasteiger partial charge is 0.209 e. The summed E-state index contributed by atoms with van der Waals surface area (Å²) in [6.45, 7) is 7.87. The Balaban J connectivity index is 2.58. The Morgan fingerprint density at radius 1 is 1.59 bits per heavy atom. The van der Waals surface area contributed by atoms with Gasteiger partial charge in [0.2, 0.25) is 5.96 Å². The molecule has 3 N–H and O–H groups in total. The third-order valence-electron chi connectivity index (χ3n) is 2.80. The number of nitrogens with one attached hydrogen (secondary N) is 1. The number of methoxy groups -OCH3 is 1. The molecule has 0 unspecified atom stereocenters. The van der Waals surface area contributed by atoms with Crippen molar-refractivity contribution in [2.45, 2.75) is 25.8 Å². The highest BCUT2D eigenvalue weighted by Crippen LogP contribution is 2.18. The van der Waals surface area contributed by atoms with Gasteiger partial charge in [-0.2, -0.15) is 0 Å². The standard InChI is InChI=1S/C11H24N4O2/c1-11(2)9-17-8-6-15(11)10(14-12)13-5-4-7-16-3/h4-9,12H2,1-3H3,(H,13,14). The summed E-state index contributed by atoms with van der Waals surface area (Å²) < 4.78 is 10.5. The van der Waals surface area contributed by atoms with Crippen LogP contribution in [0.4, 0.5) is 0 Å². The summed E-state index contributed by atoms with van der Waals surface area (Å²) in [5.41, 5.74) is 2.61. The number of rotatable bonds is 4. The first-order valence-corrected chi connectivity index (χ1v) is 5.97. The van der Waals surface area contributed by atoms with Crippen molar-refractivity contribution in [2.24, 2.45) is 10.8 Å². The first-order chi connectivity index (χ1) is 8.11. The van der Waals surface area contributed by atoms with E-state index in [0.717, 1.165) is 18.9 Å². The maximum atomic E-state index is 5.54. The van der Waals surface area contributed by atoms with Crippen LogP contribution in [0.25, 0.3) is 0 Å². The first-order valence-electron chi connectivity index (χ1n) is 5.97. The Hall–Kier alpha value is -0.850. The van der Waals surface area contributed by atoms with Crippen LogP contribution in [0, 0.1) is 0 Å². The van der Waals surface area contributed by atoms with E-state index in [-0.39, 0.29) is 5.54 Å². The van der Waals surface area contributed by atoms with Gasteiger partial charge in [0, 0.05) is 26.8 Å². The second kappa shape index (κ2) is 6.78. The minimum Gasteiger partial charge on any atom is -0.385 e. The summed E-state index contributed by atoms with van der Waals surface area (Å²) in [6.07, 6.45) is 0.895. The van der Waals surface area contributed by atoms with Crippen LogP contribution in [-0.2, 0) is 9.47 Å². The van der Waals surface area contributed by atoms with Crippen LogP contribution >= 0.6 is 0 Å². The fourth-order valence-corrected chi connectivity index (χ4v) is 1.85. The number of hydrogen-bond acceptors (Lipinski definition) is 4. The number of nitrogens with two attached hydrogens (primary N) is 1. The molecule has 0 radical (unpaired) electrons. The van der Waals surface area contributed by atoms with Crippen LogP contribution in [0.5, 0.6) is 0 Å². The molecule has 1 rings (SSSR count). The molecule has 17 heavy (non-hydrogen) atoms. The van der Waals surface area contributed by atoms with Gasteiger partial charge in [-0.05, 0) is 20.3 Å². The molecule has 0 spiro atoms. The fourth-order valence-electron chi connectivity index (χ4n) is 1.85. The predicted molar refractivity (Wildman–Crippen MR) is 67.7 cm³/mol. The molecule has 0 saturated carbocycles. The zero-order valence-corrected chi connectivity index (χ0v) is 11.0. The number of hydrogen-bond donors (Lipinski definition) is 2. The second-order valence-corrected chi connectivity index (χ2v) is 4.71. The fraction of sp³-hybridized carbons (Fsp3) is 0.909. The second-order valence-electron chi connectivity index (χ2n) is 4.71. The van der Waals surface area contributed by atoms with Crippen molar-refractivity contribution >= 4 is 5.96 Å². The molecule has 0 amide bonds. The Morgan fingerprint density at radius 2 is 2.35 bits per heavy atom. The van der Waals surface area contributed by atoms with Crippen molar-refractivity contribution in [1.29, 1.82) is 0 Å². The summed E-state index contributed by atoms with van der Waals surface area (Å²) in [7, 11) is 1.69. The van der Waals surface area contributed by atoms with Crippen molar-refractivity contribution in [1.82, 2.24) is 10.3 Å². The molecule has 0 atom stereocenters. The van der Waals surface area contributed by atoms with Gasteiger partial charge in [-0.3, -0.25) is 10.4 Å². The molecule has 1 heterocycles. The van der Waals surface area contributed by atoms with Crippen molar-refractivity contribution in [3.63, 3.8) is 0 Å². The van der Waals surface area contributed by atoms with E-state index in [1.54, 1.807) is 7.11 Å². The number of hydrazine groups is 1. The van der Waals surface area contributed by atoms with Crippen LogP contribution in [-0.4, -0.2) is 56.4 Å². The number of aliphatic imine (C=N–C) groups is 1. The van der Waals surface area contributed by atoms with Crippen LogP contribution in [0.2, 0.25) is 0 Å². The van der Waals surface area contributed by atoms with E-state index in [4.69, 9.17) is 15.3 Å². The maximum Gasteiger partial charge on any atom is 0.209 e. The van der Waals surface area contributed by atoms with Gasteiger partial charge in [0.05, 0.1) is 18.8 Å². The van der Waals surface area contributed by atoms with Gasteiger partial charge in [0.1, 0.15) is 0 Å². The molecule has 6 nitrogen and oxygen atoms in total. The van der Waals surface area contributed by atoms with Crippen molar-refractivity contribution in [2.75, 3.05) is 40.0 Å². The first kappa shape index (κ1) is 14.2. The summed E-state index contributed by atoms with van der Waals surface area (Å²) >= 11 is 0. The zero-order chi connectivity index (χ0) is 12.7. The zero-order valence-electron chi connectivity index (χ0n) is 11.0. The molecular weight excluding hydrogens is 220 g/mol. The average Bonchev–Trinajstić information content (AvgIpc) is 2.30. The van der Waals surface area contributed by atoms with E-state index in [1.807, 2.05) is 0 Å². The highest BCUT2D eigenvalue weighted by Gasteiger charge is 2.32. The molecule has 100 valence electrons. The topological polar surface area (TPSA) is 72.1 Å². The van der Waals surface area contributed by atoms with Crippen LogP contribution < -0.4 is 11.3 Å². The Kier molecular flexibility index (Phi) is 5.67. The SMILES string of the molecule is COCCCN=C(NN)N1CCOCC1(C)C. The van der Waals surface area contributed by atoms with Crippen molar-refractivity contribution < 1.29 is 9.47 Å². The molecular formula is C11H24N4O2. The lowest BCUT2D eigenvalue weighted by molar-refractivity contribution is -0.0168. The lowest BCUT2D eigenvalue weighted by atomic mass is 10.0. The normalized spacial score (nSPS) is 20.5. The number of ether oxygens (including phenoxy) is 2. The predicted octanol–water partition coefficient (Wildman–Crippen LogP) is -0.0470. The molecule has 1 saturated heterocycles. The maximum absolute atomic E-state index is 5.54. The lowest BCUT2D eigenvalue weighted by Crippen LogP contribution is -2.60. The van der Waals surface area contributed by atoms with Gasteiger partial charge in [-0.25, -0.2) is 5.84 Å². The van der Waals surface area contributed by atoms with Crippen molar-refractivity contribution in [3.05, 3.63) is 0 Å². The Morgan fingerprint density at radius 3 is 2.94 bits per heavy atom. The minimum absolute atomic E-state index is 0.0787. The minimum atomic E-state index is -0.0787. The highest BCUT2D eigenvalue weighted by atomic mass is 16.5. The summed E-state index contributed by atoms with van der Waals surface area (Å²) in [5, 5.41) is 0. The molecule has 0 bridgehead atoms. The molecule has 1 aliphatic heterocycles. The monoisotopic (exact) mass is 244 g/mol. The highest BCUT2D eigenvalue weighted by molar-refractivity contribution is 5.80. The third kappa shape index (κ3) is 4.14. The van der Waals surface area contributed by atoms with E-state index >= 15 is 0 Å². The Bertz CT molecular complexity index is 256. The van der Waals surface area contributed by atoms with Gasteiger partial charge < -0.3 is 14.4 Å². The number of morpholine rings is 1. The molecule has 0 aromatic carbocycles. The van der Waals surface area contributed by atoms with Crippen molar-refractivity contribution in [3.8, 4) is 0 Å². The molecule has 6 heteroatoms. The van der Waals surface area contributed by atoms with E-state index < -0.39 is 0 Å².